The van der Waals surface area contributed by atoms with Gasteiger partial charge in [-0.15, -0.1) is 0 Å². The van der Waals surface area contributed by atoms with Crippen LogP contribution in [-0.2, 0) is 18.4 Å². The number of fused-ring (bicyclic) bond motifs is 2. The summed E-state index contributed by atoms with van der Waals surface area (Å²) < 4.78 is 0. The van der Waals surface area contributed by atoms with Crippen molar-refractivity contribution in [2.75, 3.05) is 13.1 Å². The minimum Gasteiger partial charge on any atom is -0.310 e. The predicted octanol–water partition coefficient (Wildman–Crippen LogP) is 3.52. The summed E-state index contributed by atoms with van der Waals surface area (Å²) in [4.78, 5) is 22.3. The number of rotatable bonds is 3. The van der Waals surface area contributed by atoms with Crippen molar-refractivity contribution in [1.82, 2.24) is 14.9 Å². The van der Waals surface area contributed by atoms with Gasteiger partial charge in [0.1, 0.15) is 5.82 Å². The molecule has 1 spiro atoms. The number of nitrogens with zero attached hydrogens (tertiary/aromatic N) is 2. The molecule has 4 nitrogen and oxygen atoms in total. The number of hydrogen-bond acceptors (Lipinski definition) is 3. The van der Waals surface area contributed by atoms with Crippen LogP contribution < -0.4 is 5.56 Å². The van der Waals surface area contributed by atoms with Crippen molar-refractivity contribution in [3.8, 4) is 0 Å². The molecule has 0 amide bonds. The van der Waals surface area contributed by atoms with Crippen molar-refractivity contribution in [2.24, 2.45) is 0 Å². The average Bonchev–Trinajstić information content (AvgIpc) is 3.47. The molecule has 1 N–H and O–H groups in total. The zero-order chi connectivity index (χ0) is 17.6. The molecule has 26 heavy (non-hydrogen) atoms. The van der Waals surface area contributed by atoms with Gasteiger partial charge >= 0.3 is 0 Å². The minimum atomic E-state index is 0.00614. The molecule has 136 valence electrons. The largest absolute Gasteiger partial charge is 0.310 e. The highest BCUT2D eigenvalue weighted by Crippen LogP contribution is 2.43. The van der Waals surface area contributed by atoms with Crippen LogP contribution in [-0.4, -0.2) is 28.0 Å². The monoisotopic (exact) mass is 349 g/mol. The van der Waals surface area contributed by atoms with E-state index in [1.807, 2.05) is 0 Å². The average molecular weight is 349 g/mol. The first-order valence-electron chi connectivity index (χ1n) is 10.1. The lowest BCUT2D eigenvalue weighted by atomic mass is 9.66. The maximum atomic E-state index is 12.0. The molecule has 2 heterocycles. The Kier molecular flexibility index (Phi) is 3.96. The van der Waals surface area contributed by atoms with Crippen LogP contribution in [0.3, 0.4) is 0 Å². The maximum absolute atomic E-state index is 12.0. The van der Waals surface area contributed by atoms with Crippen molar-refractivity contribution < 1.29 is 0 Å². The van der Waals surface area contributed by atoms with Crippen molar-refractivity contribution in [1.29, 1.82) is 0 Å². The molecule has 2 aliphatic carbocycles. The fourth-order valence-corrected chi connectivity index (χ4v) is 5.18. The highest BCUT2D eigenvalue weighted by atomic mass is 16.1. The second-order valence-electron chi connectivity index (χ2n) is 8.50. The molecule has 1 unspecified atom stereocenters. The summed E-state index contributed by atoms with van der Waals surface area (Å²) in [6.07, 6.45) is 8.64. The van der Waals surface area contributed by atoms with Crippen LogP contribution in [0.25, 0.3) is 0 Å². The van der Waals surface area contributed by atoms with Crippen molar-refractivity contribution >= 4 is 0 Å². The Hall–Kier alpha value is -1.94. The Bertz CT molecular complexity index is 870. The lowest BCUT2D eigenvalue weighted by molar-refractivity contribution is 0.124. The van der Waals surface area contributed by atoms with Crippen LogP contribution in [0.15, 0.2) is 35.1 Å². The first-order chi connectivity index (χ1) is 12.7. The molecule has 1 atom stereocenters. The lowest BCUT2D eigenvalue weighted by Crippen LogP contribution is -2.47. The zero-order valence-electron chi connectivity index (χ0n) is 15.3. The number of benzene rings is 1. The highest BCUT2D eigenvalue weighted by molar-refractivity contribution is 5.37. The van der Waals surface area contributed by atoms with Gasteiger partial charge in [0.05, 0.1) is 5.69 Å². The first kappa shape index (κ1) is 16.2. The lowest BCUT2D eigenvalue weighted by Gasteiger charge is -2.46. The second-order valence-corrected chi connectivity index (χ2v) is 8.50. The molecule has 1 aromatic heterocycles. The molecule has 2 aromatic rings. The molecule has 1 aromatic carbocycles. The summed E-state index contributed by atoms with van der Waals surface area (Å²) in [5, 5.41) is 0. The van der Waals surface area contributed by atoms with Crippen LogP contribution in [0, 0.1) is 0 Å². The van der Waals surface area contributed by atoms with Crippen LogP contribution in [0.2, 0.25) is 0 Å². The third-order valence-electron chi connectivity index (χ3n) is 6.51. The number of aromatic amines is 1. The highest BCUT2D eigenvalue weighted by Gasteiger charge is 2.40. The molecule has 2 fully saturated rings. The van der Waals surface area contributed by atoms with Gasteiger partial charge in [0.25, 0.3) is 5.56 Å². The maximum Gasteiger partial charge on any atom is 0.251 e. The minimum absolute atomic E-state index is 0.00614. The van der Waals surface area contributed by atoms with Crippen molar-refractivity contribution in [2.45, 2.75) is 62.8 Å². The fourth-order valence-electron chi connectivity index (χ4n) is 5.18. The number of H-pyrrole nitrogens is 1. The summed E-state index contributed by atoms with van der Waals surface area (Å²) in [5.74, 6) is 1.39. The van der Waals surface area contributed by atoms with Gasteiger partial charge in [-0.3, -0.25) is 9.69 Å². The van der Waals surface area contributed by atoms with Crippen molar-refractivity contribution in [3.05, 3.63) is 63.3 Å². The summed E-state index contributed by atoms with van der Waals surface area (Å²) >= 11 is 0. The van der Waals surface area contributed by atoms with Crippen molar-refractivity contribution in [3.63, 3.8) is 0 Å². The Balaban J connectivity index is 1.40. The number of likely N-dealkylation sites (tertiary alicyclic amines) is 1. The fraction of sp³-hybridized carbons (Fsp3) is 0.545. The van der Waals surface area contributed by atoms with E-state index in [9.17, 15) is 4.79 Å². The molecule has 5 rings (SSSR count). The van der Waals surface area contributed by atoms with Gasteiger partial charge in [-0.25, -0.2) is 4.98 Å². The van der Waals surface area contributed by atoms with Gasteiger partial charge in [-0.1, -0.05) is 24.3 Å². The van der Waals surface area contributed by atoms with E-state index in [2.05, 4.69) is 34.1 Å². The number of aromatic nitrogens is 2. The molecule has 0 bridgehead atoms. The summed E-state index contributed by atoms with van der Waals surface area (Å²) in [7, 11) is 0. The molecule has 4 heteroatoms. The molecule has 1 saturated heterocycles. The van der Waals surface area contributed by atoms with Crippen LogP contribution >= 0.6 is 0 Å². The van der Waals surface area contributed by atoms with Gasteiger partial charge in [-0.05, 0) is 62.6 Å². The number of piperidine rings is 1. The first-order valence-corrected chi connectivity index (χ1v) is 10.1. The quantitative estimate of drug-likeness (QED) is 0.922. The topological polar surface area (TPSA) is 49.0 Å². The van der Waals surface area contributed by atoms with Crippen LogP contribution in [0.4, 0.5) is 0 Å². The SMILES string of the molecule is O=c1cc(CN2CCCC3(CCCc4ccccc43)C2)nc(C2CC2)[nH]1. The van der Waals surface area contributed by atoms with E-state index < -0.39 is 0 Å². The van der Waals surface area contributed by atoms with Crippen LogP contribution in [0.1, 0.15) is 67.1 Å². The molecule has 3 aliphatic rings. The van der Waals surface area contributed by atoms with Gasteiger partial charge < -0.3 is 4.98 Å². The Morgan fingerprint density at radius 2 is 2.04 bits per heavy atom. The standard InChI is InChI=1S/C22H27N3O/c26-20-13-18(23-21(24-20)17-8-9-17)14-25-12-4-11-22(15-25)10-3-6-16-5-1-2-7-19(16)22/h1-2,5,7,13,17H,3-4,6,8-12,14-15H2,(H,23,24,26). The van der Waals surface area contributed by atoms with Gasteiger partial charge in [0.15, 0.2) is 0 Å². The van der Waals surface area contributed by atoms with E-state index >= 15 is 0 Å². The van der Waals surface area contributed by atoms with E-state index in [1.54, 1.807) is 17.2 Å². The van der Waals surface area contributed by atoms with Crippen LogP contribution in [0.5, 0.6) is 0 Å². The normalized spacial score (nSPS) is 26.0. The summed E-state index contributed by atoms with van der Waals surface area (Å²) in [6.45, 7) is 3.00. The van der Waals surface area contributed by atoms with E-state index in [4.69, 9.17) is 4.98 Å². The second kappa shape index (κ2) is 6.34. The number of hydrogen-bond donors (Lipinski definition) is 1. The van der Waals surface area contributed by atoms with Gasteiger partial charge in [-0.2, -0.15) is 0 Å². The Morgan fingerprint density at radius 1 is 1.19 bits per heavy atom. The van der Waals surface area contributed by atoms with Gasteiger partial charge in [0, 0.05) is 30.5 Å². The van der Waals surface area contributed by atoms with E-state index in [0.717, 1.165) is 44.0 Å². The number of nitrogens with one attached hydrogen (secondary N) is 1. The molecular weight excluding hydrogens is 322 g/mol. The summed E-state index contributed by atoms with van der Waals surface area (Å²) in [6, 6.07) is 10.7. The molecule has 1 saturated carbocycles. The smallest absolute Gasteiger partial charge is 0.251 e. The predicted molar refractivity (Wildman–Crippen MR) is 102 cm³/mol. The molecular formula is C22H27N3O. The summed E-state index contributed by atoms with van der Waals surface area (Å²) in [5.41, 5.74) is 4.37. The Labute approximate surface area is 154 Å². The Morgan fingerprint density at radius 3 is 2.92 bits per heavy atom. The molecule has 0 radical (unpaired) electrons. The van der Waals surface area contributed by atoms with E-state index in [0.29, 0.717) is 11.3 Å². The zero-order valence-corrected chi connectivity index (χ0v) is 15.3. The molecule has 1 aliphatic heterocycles. The van der Waals surface area contributed by atoms with E-state index in [-0.39, 0.29) is 5.56 Å². The number of aryl methyl sites for hydroxylation is 1. The third kappa shape index (κ3) is 3.01. The van der Waals surface area contributed by atoms with E-state index in [1.165, 1.54) is 32.1 Å². The van der Waals surface area contributed by atoms with Gasteiger partial charge in [0.2, 0.25) is 0 Å². The third-order valence-corrected chi connectivity index (χ3v) is 6.51.